The van der Waals surface area contributed by atoms with E-state index < -0.39 is 18.5 Å². The molecular formula is C35H40O5. The van der Waals surface area contributed by atoms with Crippen molar-refractivity contribution in [3.05, 3.63) is 102 Å². The second-order valence-electron chi connectivity index (χ2n) is 10.1. The summed E-state index contributed by atoms with van der Waals surface area (Å²) in [5, 5.41) is 9.19. The van der Waals surface area contributed by atoms with E-state index in [1.807, 2.05) is 24.3 Å². The predicted molar refractivity (Wildman–Crippen MR) is 161 cm³/mol. The molecule has 5 heteroatoms. The minimum atomic E-state index is -0.745. The summed E-state index contributed by atoms with van der Waals surface area (Å²) in [7, 11) is 0. The molecule has 210 valence electrons. The molecule has 0 radical (unpaired) electrons. The summed E-state index contributed by atoms with van der Waals surface area (Å²) in [6.45, 7) is 10.3. The fourth-order valence-corrected chi connectivity index (χ4v) is 4.30. The van der Waals surface area contributed by atoms with Gasteiger partial charge in [0.05, 0.1) is 12.2 Å². The van der Waals surface area contributed by atoms with Crippen LogP contribution in [0.1, 0.15) is 63.5 Å². The van der Waals surface area contributed by atoms with Crippen molar-refractivity contribution < 1.29 is 24.2 Å². The highest BCUT2D eigenvalue weighted by atomic mass is 16.5. The second kappa shape index (κ2) is 15.6. The van der Waals surface area contributed by atoms with E-state index in [1.165, 1.54) is 44.1 Å². The maximum atomic E-state index is 12.2. The highest BCUT2D eigenvalue weighted by molar-refractivity contribution is 5.90. The Kier molecular flexibility index (Phi) is 11.9. The molecule has 3 rings (SSSR count). The van der Waals surface area contributed by atoms with Gasteiger partial charge in [0, 0.05) is 11.1 Å². The largest absolute Gasteiger partial charge is 0.457 e. The van der Waals surface area contributed by atoms with Crippen molar-refractivity contribution in [3.63, 3.8) is 0 Å². The Morgan fingerprint density at radius 1 is 0.750 bits per heavy atom. The van der Waals surface area contributed by atoms with Crippen LogP contribution in [0, 0.1) is 0 Å². The lowest BCUT2D eigenvalue weighted by molar-refractivity contribution is -0.140. The molecule has 0 aliphatic heterocycles. The van der Waals surface area contributed by atoms with E-state index >= 15 is 0 Å². The van der Waals surface area contributed by atoms with E-state index in [-0.39, 0.29) is 23.5 Å². The Morgan fingerprint density at radius 2 is 1.30 bits per heavy atom. The van der Waals surface area contributed by atoms with E-state index in [4.69, 9.17) is 9.47 Å². The Bertz CT molecular complexity index is 1300. The zero-order chi connectivity index (χ0) is 28.9. The van der Waals surface area contributed by atoms with Crippen molar-refractivity contribution in [2.45, 2.75) is 65.4 Å². The van der Waals surface area contributed by atoms with Crippen molar-refractivity contribution in [2.24, 2.45) is 0 Å². The van der Waals surface area contributed by atoms with Gasteiger partial charge in [0.1, 0.15) is 12.4 Å². The third-order valence-corrected chi connectivity index (χ3v) is 6.77. The fraction of sp³-hybridized carbons (Fsp3) is 0.314. The summed E-state index contributed by atoms with van der Waals surface area (Å²) in [5.41, 5.74) is 6.22. The summed E-state index contributed by atoms with van der Waals surface area (Å²) in [6.07, 6.45) is 8.93. The van der Waals surface area contributed by atoms with Gasteiger partial charge in [-0.05, 0) is 59.7 Å². The standard InChI is InChI=1S/C35H40O5/c1-5-6-7-8-9-10-11-27-12-14-28(15-13-27)29-16-18-30(19-17-29)31-20-21-33(40-35(38)26(4)23-36)32(22-31)24-39-34(37)25(2)3/h12-22,36H,2,4-11,23-24H2,1,3H3. The van der Waals surface area contributed by atoms with E-state index in [1.54, 1.807) is 13.0 Å². The van der Waals surface area contributed by atoms with Crippen molar-refractivity contribution >= 4 is 11.9 Å². The smallest absolute Gasteiger partial charge is 0.341 e. The fourth-order valence-electron chi connectivity index (χ4n) is 4.30. The van der Waals surface area contributed by atoms with Gasteiger partial charge in [-0.1, -0.05) is 107 Å². The van der Waals surface area contributed by atoms with Crippen LogP contribution in [0.3, 0.4) is 0 Å². The first kappa shape index (κ1) is 30.6. The second-order valence-corrected chi connectivity index (χ2v) is 10.1. The molecule has 3 aromatic carbocycles. The highest BCUT2D eigenvalue weighted by Gasteiger charge is 2.15. The van der Waals surface area contributed by atoms with Crippen LogP contribution >= 0.6 is 0 Å². The number of carbonyl (C=O) groups is 2. The van der Waals surface area contributed by atoms with Gasteiger partial charge in [0.2, 0.25) is 0 Å². The van der Waals surface area contributed by atoms with Crippen molar-refractivity contribution in [2.75, 3.05) is 6.61 Å². The van der Waals surface area contributed by atoms with Crippen LogP contribution in [0.15, 0.2) is 91.0 Å². The molecule has 3 aromatic rings. The normalized spacial score (nSPS) is 10.7. The minimum absolute atomic E-state index is 0.0695. The van der Waals surface area contributed by atoms with Crippen molar-refractivity contribution in [3.8, 4) is 28.0 Å². The molecule has 0 fully saturated rings. The third-order valence-electron chi connectivity index (χ3n) is 6.77. The predicted octanol–water partition coefficient (Wildman–Crippen LogP) is 8.00. The molecule has 0 unspecified atom stereocenters. The molecule has 0 spiro atoms. The van der Waals surface area contributed by atoms with Gasteiger partial charge in [-0.3, -0.25) is 0 Å². The van der Waals surface area contributed by atoms with Crippen LogP contribution in [0.5, 0.6) is 5.75 Å². The monoisotopic (exact) mass is 540 g/mol. The third kappa shape index (κ3) is 9.06. The molecule has 0 saturated heterocycles. The summed E-state index contributed by atoms with van der Waals surface area (Å²) < 4.78 is 10.7. The number of aryl methyl sites for hydroxylation is 1. The summed E-state index contributed by atoms with van der Waals surface area (Å²) in [4.78, 5) is 24.2. The zero-order valence-electron chi connectivity index (χ0n) is 23.7. The number of aliphatic hydroxyl groups is 1. The van der Waals surface area contributed by atoms with E-state index in [2.05, 4.69) is 56.5 Å². The number of hydrogen-bond acceptors (Lipinski definition) is 5. The number of ether oxygens (including phenoxy) is 2. The Balaban J connectivity index is 1.72. The van der Waals surface area contributed by atoms with Crippen molar-refractivity contribution in [1.82, 2.24) is 0 Å². The van der Waals surface area contributed by atoms with Gasteiger partial charge in [0.15, 0.2) is 0 Å². The lowest BCUT2D eigenvalue weighted by atomic mass is 9.97. The number of aliphatic hydroxyl groups excluding tert-OH is 1. The van der Waals surface area contributed by atoms with Gasteiger partial charge in [-0.2, -0.15) is 0 Å². The molecule has 0 aliphatic carbocycles. The average Bonchev–Trinajstić information content (AvgIpc) is 2.98. The van der Waals surface area contributed by atoms with Crippen LogP contribution in [0.2, 0.25) is 0 Å². The average molecular weight is 541 g/mol. The maximum absolute atomic E-state index is 12.2. The molecular weight excluding hydrogens is 500 g/mol. The Morgan fingerprint density at radius 3 is 1.90 bits per heavy atom. The molecule has 5 nitrogen and oxygen atoms in total. The first-order valence-corrected chi connectivity index (χ1v) is 14.0. The van der Waals surface area contributed by atoms with E-state index in [9.17, 15) is 14.7 Å². The topological polar surface area (TPSA) is 72.8 Å². The van der Waals surface area contributed by atoms with Gasteiger partial charge < -0.3 is 14.6 Å². The minimum Gasteiger partial charge on any atom is -0.457 e. The molecule has 0 aromatic heterocycles. The Labute approximate surface area is 238 Å². The first-order chi connectivity index (χ1) is 19.3. The van der Waals surface area contributed by atoms with Gasteiger partial charge in [0.25, 0.3) is 0 Å². The lowest BCUT2D eigenvalue weighted by Gasteiger charge is -2.13. The quantitative estimate of drug-likeness (QED) is 0.0915. The molecule has 1 N–H and O–H groups in total. The lowest BCUT2D eigenvalue weighted by Crippen LogP contribution is -2.14. The first-order valence-electron chi connectivity index (χ1n) is 14.0. The van der Waals surface area contributed by atoms with Crippen LogP contribution in [0.4, 0.5) is 0 Å². The number of esters is 2. The zero-order valence-corrected chi connectivity index (χ0v) is 23.7. The van der Waals surface area contributed by atoms with Crippen LogP contribution < -0.4 is 4.74 Å². The van der Waals surface area contributed by atoms with Crippen LogP contribution in [-0.4, -0.2) is 23.7 Å². The summed E-state index contributed by atoms with van der Waals surface area (Å²) in [6, 6.07) is 22.4. The molecule has 0 bridgehead atoms. The van der Waals surface area contributed by atoms with Crippen molar-refractivity contribution in [1.29, 1.82) is 0 Å². The van der Waals surface area contributed by atoms with Crippen LogP contribution in [0.25, 0.3) is 22.3 Å². The van der Waals surface area contributed by atoms with E-state index in [0.29, 0.717) is 5.56 Å². The number of hydrogen-bond donors (Lipinski definition) is 1. The van der Waals surface area contributed by atoms with E-state index in [0.717, 1.165) is 28.7 Å². The summed E-state index contributed by atoms with van der Waals surface area (Å²) >= 11 is 0. The number of unbranched alkanes of at least 4 members (excludes halogenated alkanes) is 5. The van der Waals surface area contributed by atoms with Gasteiger partial charge >= 0.3 is 11.9 Å². The SMILES string of the molecule is C=C(C)C(=O)OCc1cc(-c2ccc(-c3ccc(CCCCCCCC)cc3)cc2)ccc1OC(=O)C(=C)CO. The van der Waals surface area contributed by atoms with Gasteiger partial charge in [-0.25, -0.2) is 9.59 Å². The molecule has 0 amide bonds. The molecule has 0 heterocycles. The van der Waals surface area contributed by atoms with Crippen LogP contribution in [-0.2, 0) is 27.4 Å². The van der Waals surface area contributed by atoms with Gasteiger partial charge in [-0.15, -0.1) is 0 Å². The Hall–Kier alpha value is -3.96. The molecule has 0 atom stereocenters. The molecule has 0 saturated carbocycles. The highest BCUT2D eigenvalue weighted by Crippen LogP contribution is 2.30. The number of benzene rings is 3. The summed E-state index contributed by atoms with van der Waals surface area (Å²) in [5.74, 6) is -1.05. The number of carbonyl (C=O) groups excluding carboxylic acids is 2. The molecule has 0 aliphatic rings. The number of rotatable bonds is 15. The maximum Gasteiger partial charge on any atom is 0.341 e. The molecule has 40 heavy (non-hydrogen) atoms.